The molecule has 3 N–H and O–H groups in total. The maximum atomic E-state index is 13.0. The Bertz CT molecular complexity index is 525. The van der Waals surface area contributed by atoms with Crippen molar-refractivity contribution < 1.29 is 13.6 Å². The zero-order chi connectivity index (χ0) is 14.9. The fraction of sp³-hybridized carbons (Fsp3) is 0.462. The van der Waals surface area contributed by atoms with Gasteiger partial charge >= 0.3 is 0 Å². The van der Waals surface area contributed by atoms with Gasteiger partial charge in [0.2, 0.25) is 5.91 Å². The minimum atomic E-state index is -3.08. The summed E-state index contributed by atoms with van der Waals surface area (Å²) >= 11 is 12.0. The first-order valence-corrected chi connectivity index (χ1v) is 6.91. The molecule has 3 nitrogen and oxygen atoms in total. The van der Waals surface area contributed by atoms with Crippen LogP contribution in [0, 0.1) is 5.92 Å². The minimum Gasteiger partial charge on any atom is -0.350 e. The monoisotopic (exact) mass is 322 g/mol. The SMILES string of the molecule is NCC(F)(F)CNC(=O)C1CC1c1cccc(Cl)c1Cl. The van der Waals surface area contributed by atoms with Gasteiger partial charge < -0.3 is 11.1 Å². The van der Waals surface area contributed by atoms with E-state index >= 15 is 0 Å². The lowest BCUT2D eigenvalue weighted by Crippen LogP contribution is -2.42. The maximum Gasteiger partial charge on any atom is 0.277 e. The molecule has 2 unspecified atom stereocenters. The van der Waals surface area contributed by atoms with E-state index < -0.39 is 24.9 Å². The van der Waals surface area contributed by atoms with Crippen LogP contribution in [0.25, 0.3) is 0 Å². The van der Waals surface area contributed by atoms with E-state index in [1.165, 1.54) is 0 Å². The van der Waals surface area contributed by atoms with Crippen LogP contribution in [0.1, 0.15) is 17.9 Å². The number of hydrogen-bond acceptors (Lipinski definition) is 2. The van der Waals surface area contributed by atoms with Crippen LogP contribution in [0.4, 0.5) is 8.78 Å². The fourth-order valence-corrected chi connectivity index (χ4v) is 2.50. The smallest absolute Gasteiger partial charge is 0.277 e. The van der Waals surface area contributed by atoms with E-state index in [1.807, 2.05) is 0 Å². The average molecular weight is 323 g/mol. The van der Waals surface area contributed by atoms with Gasteiger partial charge in [-0.1, -0.05) is 35.3 Å². The molecule has 0 aromatic heterocycles. The topological polar surface area (TPSA) is 55.1 Å². The van der Waals surface area contributed by atoms with Gasteiger partial charge in [0.05, 0.1) is 23.1 Å². The van der Waals surface area contributed by atoms with Crippen molar-refractivity contribution in [1.29, 1.82) is 0 Å². The molecule has 0 aliphatic heterocycles. The van der Waals surface area contributed by atoms with E-state index in [0.29, 0.717) is 16.5 Å². The highest BCUT2D eigenvalue weighted by molar-refractivity contribution is 6.42. The predicted molar refractivity (Wildman–Crippen MR) is 74.3 cm³/mol. The molecule has 1 fully saturated rings. The molecule has 2 atom stereocenters. The van der Waals surface area contributed by atoms with E-state index in [9.17, 15) is 13.6 Å². The zero-order valence-electron chi connectivity index (χ0n) is 10.5. The van der Waals surface area contributed by atoms with Gasteiger partial charge in [0.15, 0.2) is 0 Å². The van der Waals surface area contributed by atoms with E-state index in [-0.39, 0.29) is 11.8 Å². The van der Waals surface area contributed by atoms with Crippen molar-refractivity contribution in [3.05, 3.63) is 33.8 Å². The molecule has 0 heterocycles. The molecule has 7 heteroatoms. The van der Waals surface area contributed by atoms with Crippen molar-refractivity contribution in [2.24, 2.45) is 11.7 Å². The number of carbonyl (C=O) groups is 1. The molecule has 1 saturated carbocycles. The summed E-state index contributed by atoms with van der Waals surface area (Å²) in [7, 11) is 0. The first kappa shape index (κ1) is 15.5. The van der Waals surface area contributed by atoms with Gasteiger partial charge in [-0.25, -0.2) is 8.78 Å². The van der Waals surface area contributed by atoms with E-state index in [4.69, 9.17) is 28.9 Å². The molecule has 1 aromatic carbocycles. The van der Waals surface area contributed by atoms with Crippen LogP contribution in [-0.2, 0) is 4.79 Å². The van der Waals surface area contributed by atoms with Crippen molar-refractivity contribution >= 4 is 29.1 Å². The second-order valence-electron chi connectivity index (χ2n) is 4.87. The third kappa shape index (κ3) is 3.40. The third-order valence-electron chi connectivity index (χ3n) is 3.33. The van der Waals surface area contributed by atoms with Gasteiger partial charge in [-0.3, -0.25) is 4.79 Å². The van der Waals surface area contributed by atoms with Crippen LogP contribution < -0.4 is 11.1 Å². The molecular formula is C13H14Cl2F2N2O. The highest BCUT2D eigenvalue weighted by atomic mass is 35.5. The second kappa shape index (κ2) is 5.84. The number of rotatable bonds is 5. The first-order chi connectivity index (χ1) is 9.35. The standard InChI is InChI=1S/C13H14Cl2F2N2O/c14-10-3-1-2-7(11(10)15)8-4-9(8)12(20)19-6-13(16,17)5-18/h1-3,8-9H,4-6,18H2,(H,19,20). The molecule has 110 valence electrons. The summed E-state index contributed by atoms with van der Waals surface area (Å²) in [4.78, 5) is 11.8. The van der Waals surface area contributed by atoms with Crippen LogP contribution in [0.2, 0.25) is 10.0 Å². The van der Waals surface area contributed by atoms with E-state index in [2.05, 4.69) is 5.32 Å². The largest absolute Gasteiger partial charge is 0.350 e. The lowest BCUT2D eigenvalue weighted by Gasteiger charge is -2.14. The summed E-state index contributed by atoms with van der Waals surface area (Å²) < 4.78 is 25.9. The Morgan fingerprint density at radius 3 is 2.80 bits per heavy atom. The molecule has 0 spiro atoms. The van der Waals surface area contributed by atoms with Gasteiger partial charge in [0.25, 0.3) is 5.92 Å². The van der Waals surface area contributed by atoms with E-state index in [1.54, 1.807) is 18.2 Å². The van der Waals surface area contributed by atoms with Gasteiger partial charge in [0, 0.05) is 5.92 Å². The van der Waals surface area contributed by atoms with Crippen LogP contribution in [-0.4, -0.2) is 24.9 Å². The highest BCUT2D eigenvalue weighted by Gasteiger charge is 2.45. The van der Waals surface area contributed by atoms with Crippen molar-refractivity contribution in [1.82, 2.24) is 5.32 Å². The normalized spacial score (nSPS) is 21.6. The van der Waals surface area contributed by atoms with Gasteiger partial charge in [-0.05, 0) is 24.0 Å². The maximum absolute atomic E-state index is 13.0. The quantitative estimate of drug-likeness (QED) is 0.875. The molecule has 1 amide bonds. The third-order valence-corrected chi connectivity index (χ3v) is 4.16. The van der Waals surface area contributed by atoms with Crippen molar-refractivity contribution in [3.63, 3.8) is 0 Å². The summed E-state index contributed by atoms with van der Waals surface area (Å²) in [6, 6.07) is 5.20. The Balaban J connectivity index is 1.95. The van der Waals surface area contributed by atoms with Gasteiger partial charge in [0.1, 0.15) is 0 Å². The fourth-order valence-electron chi connectivity index (χ4n) is 2.06. The molecule has 0 saturated heterocycles. The highest BCUT2D eigenvalue weighted by Crippen LogP contribution is 2.50. The number of halogens is 4. The second-order valence-corrected chi connectivity index (χ2v) is 5.65. The van der Waals surface area contributed by atoms with Crippen molar-refractivity contribution in [2.75, 3.05) is 13.1 Å². The Labute approximate surface area is 125 Å². The average Bonchev–Trinajstić information content (AvgIpc) is 3.19. The summed E-state index contributed by atoms with van der Waals surface area (Å²) in [6.45, 7) is -1.53. The van der Waals surface area contributed by atoms with Crippen LogP contribution in [0.5, 0.6) is 0 Å². The van der Waals surface area contributed by atoms with Crippen molar-refractivity contribution in [3.8, 4) is 0 Å². The number of carbonyl (C=O) groups excluding carboxylic acids is 1. The molecular weight excluding hydrogens is 309 g/mol. The number of nitrogens with two attached hydrogens (primary N) is 1. The molecule has 0 radical (unpaired) electrons. The number of benzene rings is 1. The summed E-state index contributed by atoms with van der Waals surface area (Å²) in [5, 5.41) is 3.06. The summed E-state index contributed by atoms with van der Waals surface area (Å²) in [6.07, 6.45) is 0.583. The number of amides is 1. The Hall–Kier alpha value is -0.910. The van der Waals surface area contributed by atoms with E-state index in [0.717, 1.165) is 5.56 Å². The Kier molecular flexibility index (Phi) is 4.52. The number of alkyl halides is 2. The Morgan fingerprint density at radius 1 is 1.45 bits per heavy atom. The summed E-state index contributed by atoms with van der Waals surface area (Å²) in [5.41, 5.74) is 5.69. The van der Waals surface area contributed by atoms with Crippen molar-refractivity contribution in [2.45, 2.75) is 18.3 Å². The molecule has 0 bridgehead atoms. The molecule has 1 aliphatic carbocycles. The molecule has 2 rings (SSSR count). The minimum absolute atomic E-state index is 0.0623. The number of hydrogen-bond donors (Lipinski definition) is 2. The summed E-state index contributed by atoms with van der Waals surface area (Å²) in [5.74, 6) is -3.88. The van der Waals surface area contributed by atoms with Crippen LogP contribution in [0.3, 0.4) is 0 Å². The first-order valence-electron chi connectivity index (χ1n) is 6.15. The predicted octanol–water partition coefficient (Wildman–Crippen LogP) is 2.81. The lowest BCUT2D eigenvalue weighted by atomic mass is 10.1. The zero-order valence-corrected chi connectivity index (χ0v) is 12.0. The number of nitrogens with one attached hydrogen (secondary N) is 1. The van der Waals surface area contributed by atoms with Crippen LogP contribution >= 0.6 is 23.2 Å². The lowest BCUT2D eigenvalue weighted by molar-refractivity contribution is -0.124. The van der Waals surface area contributed by atoms with Gasteiger partial charge in [-0.15, -0.1) is 0 Å². The van der Waals surface area contributed by atoms with Crippen LogP contribution in [0.15, 0.2) is 18.2 Å². The molecule has 20 heavy (non-hydrogen) atoms. The molecule has 1 aromatic rings. The Morgan fingerprint density at radius 2 is 2.15 bits per heavy atom. The molecule has 1 aliphatic rings. The van der Waals surface area contributed by atoms with Gasteiger partial charge in [-0.2, -0.15) is 0 Å².